The SMILES string of the molecule is C/C=C(OCC)\C(C)=C/CC1CCN(S(=O)(=O)CC(=O)OC(C)(C)C)CC1. The molecule has 1 heterocycles. The molecule has 1 saturated heterocycles. The standard InChI is InChI=1S/C20H35NO5S/c1-7-18(25-8-2)16(3)9-10-17-11-13-21(14-12-17)27(23,24)15-19(22)26-20(4,5)6/h7,9,17H,8,10-15H2,1-6H3/b16-9-,18-7+. The molecule has 156 valence electrons. The molecule has 0 unspecified atom stereocenters. The predicted molar refractivity (Wildman–Crippen MR) is 108 cm³/mol. The second-order valence-electron chi connectivity index (χ2n) is 7.89. The van der Waals surface area contributed by atoms with Crippen LogP contribution in [0, 0.1) is 5.92 Å². The van der Waals surface area contributed by atoms with Gasteiger partial charge in [0.2, 0.25) is 10.0 Å². The van der Waals surface area contributed by atoms with E-state index in [2.05, 4.69) is 6.08 Å². The number of ether oxygens (including phenoxy) is 2. The van der Waals surface area contributed by atoms with E-state index in [1.807, 2.05) is 26.8 Å². The quantitative estimate of drug-likeness (QED) is 0.353. The first-order valence-electron chi connectivity index (χ1n) is 9.64. The molecule has 0 amide bonds. The number of carbonyl (C=O) groups excluding carboxylic acids is 1. The number of nitrogens with zero attached hydrogens (tertiary/aromatic N) is 1. The summed E-state index contributed by atoms with van der Waals surface area (Å²) in [5.74, 6) is 0.0491. The first-order chi connectivity index (χ1) is 12.5. The first kappa shape index (κ1) is 23.7. The van der Waals surface area contributed by atoms with Gasteiger partial charge >= 0.3 is 5.97 Å². The van der Waals surface area contributed by atoms with Crippen molar-refractivity contribution in [1.29, 1.82) is 0 Å². The highest BCUT2D eigenvalue weighted by Gasteiger charge is 2.31. The van der Waals surface area contributed by atoms with Gasteiger partial charge in [-0.1, -0.05) is 6.08 Å². The fourth-order valence-electron chi connectivity index (χ4n) is 3.06. The average molecular weight is 402 g/mol. The van der Waals surface area contributed by atoms with Gasteiger partial charge in [-0.05, 0) is 78.4 Å². The Morgan fingerprint density at radius 2 is 1.81 bits per heavy atom. The van der Waals surface area contributed by atoms with E-state index >= 15 is 0 Å². The van der Waals surface area contributed by atoms with Crippen molar-refractivity contribution in [2.24, 2.45) is 5.92 Å². The summed E-state index contributed by atoms with van der Waals surface area (Å²) in [5, 5.41) is 0. The van der Waals surface area contributed by atoms with Gasteiger partial charge in [0.25, 0.3) is 0 Å². The van der Waals surface area contributed by atoms with E-state index in [9.17, 15) is 13.2 Å². The van der Waals surface area contributed by atoms with Crippen LogP contribution in [-0.4, -0.2) is 49.7 Å². The lowest BCUT2D eigenvalue weighted by atomic mass is 9.93. The van der Waals surface area contributed by atoms with Gasteiger partial charge in [0.05, 0.1) is 6.61 Å². The number of piperidine rings is 1. The number of esters is 1. The van der Waals surface area contributed by atoms with Crippen LogP contribution in [0.5, 0.6) is 0 Å². The summed E-state index contributed by atoms with van der Waals surface area (Å²) in [5.41, 5.74) is 0.427. The Hall–Kier alpha value is -1.34. The maximum absolute atomic E-state index is 12.4. The highest BCUT2D eigenvalue weighted by molar-refractivity contribution is 7.89. The molecule has 0 aromatic rings. The molecular formula is C20H35NO5S. The minimum absolute atomic E-state index is 0.438. The van der Waals surface area contributed by atoms with Crippen molar-refractivity contribution in [3.05, 3.63) is 23.5 Å². The maximum atomic E-state index is 12.4. The lowest BCUT2D eigenvalue weighted by Crippen LogP contribution is -2.42. The zero-order chi connectivity index (χ0) is 20.7. The van der Waals surface area contributed by atoms with Gasteiger partial charge < -0.3 is 9.47 Å². The Kier molecular flexibility index (Phi) is 9.02. The fourth-order valence-corrected chi connectivity index (χ4v) is 4.37. The summed E-state index contributed by atoms with van der Waals surface area (Å²) in [6, 6.07) is 0. The molecule has 0 N–H and O–H groups in total. The second-order valence-corrected chi connectivity index (χ2v) is 9.86. The summed E-state index contributed by atoms with van der Waals surface area (Å²) in [6.45, 7) is 12.7. The minimum atomic E-state index is -3.62. The van der Waals surface area contributed by atoms with E-state index in [-0.39, 0.29) is 0 Å². The Bertz CT molecular complexity index is 650. The molecule has 1 aliphatic rings. The molecule has 0 saturated carbocycles. The third kappa shape index (κ3) is 8.47. The van der Waals surface area contributed by atoms with Gasteiger partial charge in [-0.15, -0.1) is 0 Å². The summed E-state index contributed by atoms with van der Waals surface area (Å²) in [7, 11) is -3.62. The van der Waals surface area contributed by atoms with Crippen LogP contribution in [-0.2, 0) is 24.3 Å². The predicted octanol–water partition coefficient (Wildman–Crippen LogP) is 3.65. The number of carbonyl (C=O) groups is 1. The lowest BCUT2D eigenvalue weighted by molar-refractivity contribution is -0.151. The van der Waals surface area contributed by atoms with Crippen LogP contribution in [0.2, 0.25) is 0 Å². The lowest BCUT2D eigenvalue weighted by Gasteiger charge is -2.31. The Morgan fingerprint density at radius 1 is 1.22 bits per heavy atom. The van der Waals surface area contributed by atoms with Crippen molar-refractivity contribution in [2.45, 2.75) is 66.4 Å². The number of rotatable bonds is 8. The zero-order valence-corrected chi connectivity index (χ0v) is 18.4. The average Bonchev–Trinajstić information content (AvgIpc) is 2.55. The van der Waals surface area contributed by atoms with Crippen LogP contribution in [0.15, 0.2) is 23.5 Å². The molecule has 0 aromatic carbocycles. The van der Waals surface area contributed by atoms with Crippen LogP contribution >= 0.6 is 0 Å². The van der Waals surface area contributed by atoms with E-state index in [1.54, 1.807) is 20.8 Å². The number of hydrogen-bond donors (Lipinski definition) is 0. The topological polar surface area (TPSA) is 72.9 Å². The molecule has 0 aliphatic carbocycles. The second kappa shape index (κ2) is 10.3. The van der Waals surface area contributed by atoms with E-state index < -0.39 is 27.3 Å². The molecule has 1 aliphatic heterocycles. The van der Waals surface area contributed by atoms with Gasteiger partial charge in [0.15, 0.2) is 5.75 Å². The van der Waals surface area contributed by atoms with Gasteiger partial charge in [0, 0.05) is 13.1 Å². The zero-order valence-electron chi connectivity index (χ0n) is 17.6. The van der Waals surface area contributed by atoms with Crippen molar-refractivity contribution < 1.29 is 22.7 Å². The molecule has 1 fully saturated rings. The van der Waals surface area contributed by atoms with Crippen molar-refractivity contribution in [2.75, 3.05) is 25.4 Å². The van der Waals surface area contributed by atoms with Crippen molar-refractivity contribution in [3.8, 4) is 0 Å². The van der Waals surface area contributed by atoms with Crippen molar-refractivity contribution in [3.63, 3.8) is 0 Å². The molecule has 0 atom stereocenters. The van der Waals surface area contributed by atoms with Crippen LogP contribution in [0.1, 0.15) is 60.8 Å². The molecule has 0 aromatic heterocycles. The summed E-state index contributed by atoms with van der Waals surface area (Å²) in [6.07, 6.45) is 6.60. The van der Waals surface area contributed by atoms with Crippen molar-refractivity contribution >= 4 is 16.0 Å². The molecule has 6 nitrogen and oxygen atoms in total. The van der Waals surface area contributed by atoms with E-state index in [0.717, 1.165) is 30.6 Å². The largest absolute Gasteiger partial charge is 0.494 e. The van der Waals surface area contributed by atoms with E-state index in [4.69, 9.17) is 9.47 Å². The van der Waals surface area contributed by atoms with Crippen LogP contribution < -0.4 is 0 Å². The van der Waals surface area contributed by atoms with Gasteiger partial charge in [-0.2, -0.15) is 0 Å². The van der Waals surface area contributed by atoms with Gasteiger partial charge in [-0.25, -0.2) is 12.7 Å². The number of allylic oxidation sites excluding steroid dienone is 3. The molecule has 27 heavy (non-hydrogen) atoms. The fraction of sp³-hybridized carbons (Fsp3) is 0.750. The number of hydrogen-bond acceptors (Lipinski definition) is 5. The van der Waals surface area contributed by atoms with Crippen LogP contribution in [0.25, 0.3) is 0 Å². The molecular weight excluding hydrogens is 366 g/mol. The molecule has 0 spiro atoms. The molecule has 1 rings (SSSR count). The Labute approximate surface area is 164 Å². The maximum Gasteiger partial charge on any atom is 0.323 e. The normalized spacial score (nSPS) is 18.4. The molecule has 0 bridgehead atoms. The van der Waals surface area contributed by atoms with Gasteiger partial charge in [0.1, 0.15) is 11.4 Å². The third-order valence-corrected chi connectivity index (χ3v) is 6.15. The highest BCUT2D eigenvalue weighted by Crippen LogP contribution is 2.25. The summed E-state index contributed by atoms with van der Waals surface area (Å²) >= 11 is 0. The summed E-state index contributed by atoms with van der Waals surface area (Å²) < 4.78 is 37.0. The van der Waals surface area contributed by atoms with Crippen LogP contribution in [0.3, 0.4) is 0 Å². The smallest absolute Gasteiger partial charge is 0.323 e. The molecule has 0 radical (unpaired) electrons. The third-order valence-electron chi connectivity index (χ3n) is 4.40. The van der Waals surface area contributed by atoms with Gasteiger partial charge in [-0.3, -0.25) is 4.79 Å². The number of sulfonamides is 1. The van der Waals surface area contributed by atoms with Crippen molar-refractivity contribution in [1.82, 2.24) is 4.31 Å². The molecule has 7 heteroatoms. The monoisotopic (exact) mass is 401 g/mol. The highest BCUT2D eigenvalue weighted by atomic mass is 32.2. The van der Waals surface area contributed by atoms with E-state index in [1.165, 1.54) is 4.31 Å². The summed E-state index contributed by atoms with van der Waals surface area (Å²) in [4.78, 5) is 11.9. The van der Waals surface area contributed by atoms with E-state index in [0.29, 0.717) is 25.6 Å². The Balaban J connectivity index is 2.55. The minimum Gasteiger partial charge on any atom is -0.494 e. The van der Waals surface area contributed by atoms with Crippen LogP contribution in [0.4, 0.5) is 0 Å². The Morgan fingerprint density at radius 3 is 2.30 bits per heavy atom. The first-order valence-corrected chi connectivity index (χ1v) is 11.2.